The van der Waals surface area contributed by atoms with Crippen LogP contribution in [0.1, 0.15) is 5.56 Å². The SMILES string of the molecule is N#Cc1c(N)c2ccccc2c2ccccc12. The van der Waals surface area contributed by atoms with Gasteiger partial charge in [0.1, 0.15) is 6.07 Å². The number of nitrogens with two attached hydrogens (primary N) is 1. The lowest BCUT2D eigenvalue weighted by molar-refractivity contribution is 1.51. The molecule has 2 N–H and O–H groups in total. The molecule has 0 atom stereocenters. The van der Waals surface area contributed by atoms with E-state index in [1.165, 1.54) is 0 Å². The van der Waals surface area contributed by atoms with Gasteiger partial charge in [-0.3, -0.25) is 0 Å². The predicted octanol–water partition coefficient (Wildman–Crippen LogP) is 3.45. The number of anilines is 1. The first-order valence-electron chi connectivity index (χ1n) is 5.42. The predicted molar refractivity (Wildman–Crippen MR) is 70.6 cm³/mol. The molecule has 3 aromatic carbocycles. The van der Waals surface area contributed by atoms with Crippen LogP contribution in [-0.4, -0.2) is 0 Å². The molecule has 80 valence electrons. The van der Waals surface area contributed by atoms with Gasteiger partial charge in [0.15, 0.2) is 0 Å². The number of nitriles is 1. The van der Waals surface area contributed by atoms with Crippen LogP contribution in [0.5, 0.6) is 0 Å². The van der Waals surface area contributed by atoms with Gasteiger partial charge in [-0.15, -0.1) is 0 Å². The first-order valence-corrected chi connectivity index (χ1v) is 5.42. The maximum Gasteiger partial charge on any atom is 0.102 e. The maximum absolute atomic E-state index is 9.25. The number of nitrogen functional groups attached to an aromatic ring is 1. The van der Waals surface area contributed by atoms with Crippen LogP contribution in [0.15, 0.2) is 48.5 Å². The van der Waals surface area contributed by atoms with Gasteiger partial charge in [-0.2, -0.15) is 5.26 Å². The van der Waals surface area contributed by atoms with Gasteiger partial charge in [-0.05, 0) is 10.8 Å². The van der Waals surface area contributed by atoms with Gasteiger partial charge in [0.25, 0.3) is 0 Å². The Morgan fingerprint density at radius 3 is 1.82 bits per heavy atom. The highest BCUT2D eigenvalue weighted by atomic mass is 14.6. The van der Waals surface area contributed by atoms with Crippen molar-refractivity contribution in [3.05, 3.63) is 54.1 Å². The molecular weight excluding hydrogens is 208 g/mol. The van der Waals surface area contributed by atoms with Crippen molar-refractivity contribution < 1.29 is 0 Å². The Morgan fingerprint density at radius 1 is 0.765 bits per heavy atom. The Hall–Kier alpha value is -2.53. The molecule has 0 unspecified atom stereocenters. The van der Waals surface area contributed by atoms with Gasteiger partial charge >= 0.3 is 0 Å². The molecular formula is C15H10N2. The summed E-state index contributed by atoms with van der Waals surface area (Å²) in [6.45, 7) is 0. The summed E-state index contributed by atoms with van der Waals surface area (Å²) in [5.41, 5.74) is 7.21. The van der Waals surface area contributed by atoms with Crippen LogP contribution in [0.3, 0.4) is 0 Å². The quantitative estimate of drug-likeness (QED) is 0.464. The lowest BCUT2D eigenvalue weighted by Crippen LogP contribution is -1.94. The molecule has 3 rings (SSSR count). The topological polar surface area (TPSA) is 49.8 Å². The van der Waals surface area contributed by atoms with Crippen molar-refractivity contribution in [3.63, 3.8) is 0 Å². The van der Waals surface area contributed by atoms with E-state index in [-0.39, 0.29) is 0 Å². The Labute approximate surface area is 98.9 Å². The van der Waals surface area contributed by atoms with Crippen molar-refractivity contribution in [3.8, 4) is 6.07 Å². The largest absolute Gasteiger partial charge is 0.397 e. The molecule has 0 aliphatic carbocycles. The van der Waals surface area contributed by atoms with Crippen LogP contribution in [0.25, 0.3) is 21.5 Å². The van der Waals surface area contributed by atoms with E-state index in [0.717, 1.165) is 21.5 Å². The van der Waals surface area contributed by atoms with E-state index in [0.29, 0.717) is 11.3 Å². The highest BCUT2D eigenvalue weighted by molar-refractivity contribution is 6.15. The van der Waals surface area contributed by atoms with Crippen LogP contribution in [-0.2, 0) is 0 Å². The number of hydrogen-bond donors (Lipinski definition) is 1. The Kier molecular flexibility index (Phi) is 1.99. The summed E-state index contributed by atoms with van der Waals surface area (Å²) in [6, 6.07) is 18.0. The highest BCUT2D eigenvalue weighted by Crippen LogP contribution is 2.33. The van der Waals surface area contributed by atoms with Crippen LogP contribution < -0.4 is 5.73 Å². The smallest absolute Gasteiger partial charge is 0.102 e. The first kappa shape index (κ1) is 9.68. The third-order valence-corrected chi connectivity index (χ3v) is 3.08. The zero-order valence-corrected chi connectivity index (χ0v) is 9.14. The number of benzene rings is 3. The zero-order chi connectivity index (χ0) is 11.8. The summed E-state index contributed by atoms with van der Waals surface area (Å²) in [5.74, 6) is 0. The number of hydrogen-bond acceptors (Lipinski definition) is 2. The fraction of sp³-hybridized carbons (Fsp3) is 0. The molecule has 0 aromatic heterocycles. The minimum absolute atomic E-state index is 0.569. The third-order valence-electron chi connectivity index (χ3n) is 3.08. The van der Waals surface area contributed by atoms with Gasteiger partial charge in [0, 0.05) is 10.8 Å². The molecule has 0 aliphatic heterocycles. The second-order valence-electron chi connectivity index (χ2n) is 3.99. The lowest BCUT2D eigenvalue weighted by atomic mass is 9.96. The van der Waals surface area contributed by atoms with Crippen LogP contribution >= 0.6 is 0 Å². The molecule has 0 saturated heterocycles. The number of nitrogens with zero attached hydrogens (tertiary/aromatic N) is 1. The van der Waals surface area contributed by atoms with E-state index >= 15 is 0 Å². The van der Waals surface area contributed by atoms with Crippen LogP contribution in [0, 0.1) is 11.3 Å². The molecule has 0 spiro atoms. The van der Waals surface area contributed by atoms with Gasteiger partial charge in [0.05, 0.1) is 11.3 Å². The highest BCUT2D eigenvalue weighted by Gasteiger charge is 2.10. The van der Waals surface area contributed by atoms with Crippen molar-refractivity contribution in [1.29, 1.82) is 5.26 Å². The van der Waals surface area contributed by atoms with Gasteiger partial charge in [-0.25, -0.2) is 0 Å². The average molecular weight is 218 g/mol. The van der Waals surface area contributed by atoms with Crippen molar-refractivity contribution >= 4 is 27.2 Å². The van der Waals surface area contributed by atoms with E-state index in [1.807, 2.05) is 48.5 Å². The summed E-state index contributed by atoms with van der Waals surface area (Å²) < 4.78 is 0. The fourth-order valence-electron chi connectivity index (χ4n) is 2.29. The van der Waals surface area contributed by atoms with Gasteiger partial charge in [0.2, 0.25) is 0 Å². The van der Waals surface area contributed by atoms with Gasteiger partial charge in [-0.1, -0.05) is 48.5 Å². The van der Waals surface area contributed by atoms with E-state index in [1.54, 1.807) is 0 Å². The lowest BCUT2D eigenvalue weighted by Gasteiger charge is -2.09. The maximum atomic E-state index is 9.25. The van der Waals surface area contributed by atoms with E-state index in [2.05, 4.69) is 6.07 Å². The monoisotopic (exact) mass is 218 g/mol. The third kappa shape index (κ3) is 1.26. The molecule has 0 amide bonds. The number of rotatable bonds is 0. The van der Waals surface area contributed by atoms with E-state index in [9.17, 15) is 5.26 Å². The summed E-state index contributed by atoms with van der Waals surface area (Å²) in [4.78, 5) is 0. The second-order valence-corrected chi connectivity index (χ2v) is 3.99. The molecule has 0 fully saturated rings. The standard InChI is InChI=1S/C15H10N2/c16-9-14-12-7-2-1-5-10(12)11-6-3-4-8-13(11)15(14)17/h1-8H,17H2. The Balaban J connectivity index is 2.70. The molecule has 17 heavy (non-hydrogen) atoms. The molecule has 0 saturated carbocycles. The molecule has 2 nitrogen and oxygen atoms in total. The van der Waals surface area contributed by atoms with Gasteiger partial charge < -0.3 is 5.73 Å². The zero-order valence-electron chi connectivity index (χ0n) is 9.14. The number of fused-ring (bicyclic) bond motifs is 3. The van der Waals surface area contributed by atoms with Crippen molar-refractivity contribution in [2.24, 2.45) is 0 Å². The van der Waals surface area contributed by atoms with Crippen molar-refractivity contribution in [1.82, 2.24) is 0 Å². The molecule has 0 heterocycles. The Morgan fingerprint density at radius 2 is 1.24 bits per heavy atom. The molecule has 3 aromatic rings. The summed E-state index contributed by atoms with van der Waals surface area (Å²) in [5, 5.41) is 13.3. The van der Waals surface area contributed by atoms with Crippen LogP contribution in [0.4, 0.5) is 5.69 Å². The Bertz CT molecular complexity index is 767. The average Bonchev–Trinajstić information content (AvgIpc) is 2.40. The summed E-state index contributed by atoms with van der Waals surface area (Å²) in [7, 11) is 0. The normalized spacial score (nSPS) is 10.5. The fourth-order valence-corrected chi connectivity index (χ4v) is 2.29. The molecule has 0 aliphatic rings. The minimum atomic E-state index is 0.569. The van der Waals surface area contributed by atoms with Crippen LogP contribution in [0.2, 0.25) is 0 Å². The van der Waals surface area contributed by atoms with E-state index in [4.69, 9.17) is 5.73 Å². The molecule has 0 radical (unpaired) electrons. The first-order chi connectivity index (χ1) is 8.33. The van der Waals surface area contributed by atoms with E-state index < -0.39 is 0 Å². The second kappa shape index (κ2) is 3.50. The van der Waals surface area contributed by atoms with Crippen molar-refractivity contribution in [2.45, 2.75) is 0 Å². The molecule has 0 bridgehead atoms. The minimum Gasteiger partial charge on any atom is -0.397 e. The summed E-state index contributed by atoms with van der Waals surface area (Å²) in [6.07, 6.45) is 0. The molecule has 2 heteroatoms. The van der Waals surface area contributed by atoms with Crippen molar-refractivity contribution in [2.75, 3.05) is 5.73 Å². The summed E-state index contributed by atoms with van der Waals surface area (Å²) >= 11 is 0.